The van der Waals surface area contributed by atoms with Crippen LogP contribution < -0.4 is 16.4 Å². The van der Waals surface area contributed by atoms with E-state index in [-0.39, 0.29) is 24.4 Å². The molecule has 2 heterocycles. The summed E-state index contributed by atoms with van der Waals surface area (Å²) in [6.45, 7) is 2.54. The number of benzene rings is 1. The van der Waals surface area contributed by atoms with Crippen molar-refractivity contribution in [2.24, 2.45) is 11.7 Å². The van der Waals surface area contributed by atoms with Gasteiger partial charge in [0.05, 0.1) is 6.54 Å². The zero-order valence-electron chi connectivity index (χ0n) is 16.4. The Morgan fingerprint density at radius 3 is 2.31 bits per heavy atom. The van der Waals surface area contributed by atoms with Gasteiger partial charge in [0, 0.05) is 43.3 Å². The van der Waals surface area contributed by atoms with Crippen LogP contribution in [0.1, 0.15) is 36.0 Å². The third-order valence-corrected chi connectivity index (χ3v) is 5.33. The van der Waals surface area contributed by atoms with Crippen molar-refractivity contribution in [1.29, 1.82) is 0 Å². The van der Waals surface area contributed by atoms with Gasteiger partial charge in [-0.25, -0.2) is 4.79 Å². The minimum Gasteiger partial charge on any atom is -0.368 e. The van der Waals surface area contributed by atoms with Crippen molar-refractivity contribution in [3.8, 4) is 0 Å². The summed E-state index contributed by atoms with van der Waals surface area (Å²) in [5, 5.41) is 5.26. The van der Waals surface area contributed by atoms with Crippen molar-refractivity contribution < 1.29 is 19.2 Å². The Labute approximate surface area is 169 Å². The third-order valence-electron chi connectivity index (χ3n) is 5.33. The van der Waals surface area contributed by atoms with Gasteiger partial charge in [-0.3, -0.25) is 14.4 Å². The minimum atomic E-state index is -0.627. The molecular weight excluding hydrogens is 374 g/mol. The maximum Gasteiger partial charge on any atom is 0.319 e. The van der Waals surface area contributed by atoms with Gasteiger partial charge in [0.15, 0.2) is 0 Å². The molecule has 2 aliphatic rings. The molecule has 29 heavy (non-hydrogen) atoms. The fourth-order valence-corrected chi connectivity index (χ4v) is 3.69. The van der Waals surface area contributed by atoms with Crippen LogP contribution in [-0.4, -0.2) is 66.3 Å². The fraction of sp³-hybridized carbons (Fsp3) is 0.500. The van der Waals surface area contributed by atoms with Crippen LogP contribution >= 0.6 is 0 Å². The van der Waals surface area contributed by atoms with E-state index in [2.05, 4.69) is 10.6 Å². The van der Waals surface area contributed by atoms with Gasteiger partial charge in [-0.05, 0) is 43.9 Å². The number of primary amides is 1. The van der Waals surface area contributed by atoms with Gasteiger partial charge in [-0.2, -0.15) is 0 Å². The quantitative estimate of drug-likeness (QED) is 0.674. The van der Waals surface area contributed by atoms with E-state index in [1.807, 2.05) is 9.80 Å². The number of nitrogens with one attached hydrogen (secondary N) is 2. The number of piperidine rings is 1. The Hall–Kier alpha value is -3.10. The van der Waals surface area contributed by atoms with Gasteiger partial charge in [0.25, 0.3) is 5.91 Å². The number of nitrogens with zero attached hydrogens (tertiary/aromatic N) is 2. The van der Waals surface area contributed by atoms with Crippen molar-refractivity contribution in [2.75, 3.05) is 38.0 Å². The van der Waals surface area contributed by atoms with Gasteiger partial charge >= 0.3 is 6.03 Å². The Morgan fingerprint density at radius 2 is 1.66 bits per heavy atom. The maximum atomic E-state index is 12.6. The largest absolute Gasteiger partial charge is 0.368 e. The number of carbonyl (C=O) groups is 4. The Kier molecular flexibility index (Phi) is 6.69. The molecule has 2 saturated heterocycles. The number of rotatable bonds is 5. The molecule has 0 aliphatic carbocycles. The van der Waals surface area contributed by atoms with E-state index in [4.69, 9.17) is 5.73 Å². The van der Waals surface area contributed by atoms with Gasteiger partial charge in [0.2, 0.25) is 11.8 Å². The van der Waals surface area contributed by atoms with Crippen LogP contribution in [0, 0.1) is 5.92 Å². The molecule has 0 unspecified atom stereocenters. The zero-order chi connectivity index (χ0) is 20.8. The summed E-state index contributed by atoms with van der Waals surface area (Å²) in [4.78, 5) is 51.6. The molecule has 0 spiro atoms. The van der Waals surface area contributed by atoms with E-state index in [1.165, 1.54) is 0 Å². The number of amides is 5. The smallest absolute Gasteiger partial charge is 0.319 e. The SMILES string of the molecule is NC(=O)CNC(=O)c1cccc(NC(=O)C2CCN(C(=O)N3CCCC3)CC2)c1. The zero-order valence-corrected chi connectivity index (χ0v) is 16.4. The lowest BCUT2D eigenvalue weighted by Crippen LogP contribution is -2.47. The second kappa shape index (κ2) is 9.40. The first-order valence-corrected chi connectivity index (χ1v) is 9.95. The number of carbonyl (C=O) groups excluding carboxylic acids is 4. The predicted molar refractivity (Wildman–Crippen MR) is 107 cm³/mol. The highest BCUT2D eigenvalue weighted by molar-refractivity contribution is 5.99. The normalized spacial score (nSPS) is 17.1. The molecule has 0 saturated carbocycles. The number of hydrogen-bond acceptors (Lipinski definition) is 4. The molecule has 5 amide bonds. The Balaban J connectivity index is 1.50. The van der Waals surface area contributed by atoms with E-state index >= 15 is 0 Å². The minimum absolute atomic E-state index is 0.0797. The second-order valence-electron chi connectivity index (χ2n) is 7.46. The van der Waals surface area contributed by atoms with Crippen molar-refractivity contribution in [1.82, 2.24) is 15.1 Å². The lowest BCUT2D eigenvalue weighted by Gasteiger charge is -2.34. The van der Waals surface area contributed by atoms with Crippen LogP contribution in [0.25, 0.3) is 0 Å². The first-order valence-electron chi connectivity index (χ1n) is 9.95. The standard InChI is InChI=1S/C20H27N5O4/c21-17(26)13-22-18(27)15-4-3-5-16(12-15)23-19(28)14-6-10-25(11-7-14)20(29)24-8-1-2-9-24/h3-5,12,14H,1-2,6-11,13H2,(H2,21,26)(H,22,27)(H,23,28). The van der Waals surface area contributed by atoms with E-state index in [0.29, 0.717) is 37.2 Å². The Bertz CT molecular complexity index is 783. The molecule has 1 aromatic carbocycles. The van der Waals surface area contributed by atoms with Crippen LogP contribution in [0.15, 0.2) is 24.3 Å². The topological polar surface area (TPSA) is 125 Å². The van der Waals surface area contributed by atoms with Gasteiger partial charge in [-0.15, -0.1) is 0 Å². The molecule has 9 heteroatoms. The molecule has 3 rings (SSSR count). The van der Waals surface area contributed by atoms with Gasteiger partial charge in [-0.1, -0.05) is 6.07 Å². The number of nitrogens with two attached hydrogens (primary N) is 1. The van der Waals surface area contributed by atoms with Crippen molar-refractivity contribution in [3.63, 3.8) is 0 Å². The molecule has 1 aromatic rings. The molecular formula is C20H27N5O4. The van der Waals surface area contributed by atoms with Gasteiger partial charge < -0.3 is 26.2 Å². The molecule has 4 N–H and O–H groups in total. The summed E-state index contributed by atoms with van der Waals surface area (Å²) in [6.07, 6.45) is 3.35. The van der Waals surface area contributed by atoms with E-state index in [0.717, 1.165) is 25.9 Å². The van der Waals surface area contributed by atoms with Crippen molar-refractivity contribution in [3.05, 3.63) is 29.8 Å². The molecule has 9 nitrogen and oxygen atoms in total. The lowest BCUT2D eigenvalue weighted by atomic mass is 9.96. The van der Waals surface area contributed by atoms with E-state index in [9.17, 15) is 19.2 Å². The van der Waals surface area contributed by atoms with Crippen LogP contribution in [0.4, 0.5) is 10.5 Å². The molecule has 0 aromatic heterocycles. The molecule has 156 valence electrons. The first-order chi connectivity index (χ1) is 13.9. The van der Waals surface area contributed by atoms with Crippen LogP contribution in [-0.2, 0) is 9.59 Å². The highest BCUT2D eigenvalue weighted by atomic mass is 16.2. The summed E-state index contributed by atoms with van der Waals surface area (Å²) in [5.74, 6) is -1.36. The number of hydrogen-bond donors (Lipinski definition) is 3. The third kappa shape index (κ3) is 5.46. The van der Waals surface area contributed by atoms with Crippen molar-refractivity contribution in [2.45, 2.75) is 25.7 Å². The lowest BCUT2D eigenvalue weighted by molar-refractivity contribution is -0.121. The molecule has 2 aliphatic heterocycles. The second-order valence-corrected chi connectivity index (χ2v) is 7.46. The predicted octanol–water partition coefficient (Wildman–Crippen LogP) is 0.768. The summed E-state index contributed by atoms with van der Waals surface area (Å²) in [6, 6.07) is 6.59. The molecule has 0 atom stereocenters. The van der Waals surface area contributed by atoms with Crippen LogP contribution in [0.3, 0.4) is 0 Å². The average Bonchev–Trinajstić information content (AvgIpc) is 3.26. The molecule has 0 bridgehead atoms. The Morgan fingerprint density at radius 1 is 1.00 bits per heavy atom. The van der Waals surface area contributed by atoms with Crippen LogP contribution in [0.2, 0.25) is 0 Å². The van der Waals surface area contributed by atoms with Gasteiger partial charge in [0.1, 0.15) is 0 Å². The summed E-state index contributed by atoms with van der Waals surface area (Å²) < 4.78 is 0. The maximum absolute atomic E-state index is 12.6. The van der Waals surface area contributed by atoms with E-state index in [1.54, 1.807) is 24.3 Å². The average molecular weight is 401 g/mol. The monoisotopic (exact) mass is 401 g/mol. The summed E-state index contributed by atoms with van der Waals surface area (Å²) in [5.41, 5.74) is 5.86. The number of likely N-dealkylation sites (tertiary alicyclic amines) is 2. The number of anilines is 1. The first kappa shape index (κ1) is 20.6. The summed E-state index contributed by atoms with van der Waals surface area (Å²) >= 11 is 0. The fourth-order valence-electron chi connectivity index (χ4n) is 3.69. The highest BCUT2D eigenvalue weighted by Crippen LogP contribution is 2.22. The highest BCUT2D eigenvalue weighted by Gasteiger charge is 2.30. The van der Waals surface area contributed by atoms with Crippen LogP contribution in [0.5, 0.6) is 0 Å². The van der Waals surface area contributed by atoms with E-state index < -0.39 is 11.8 Å². The molecule has 2 fully saturated rings. The summed E-state index contributed by atoms with van der Waals surface area (Å²) in [7, 11) is 0. The molecule has 0 radical (unpaired) electrons. The van der Waals surface area contributed by atoms with Crippen molar-refractivity contribution >= 4 is 29.4 Å². The number of urea groups is 1.